The predicted octanol–water partition coefficient (Wildman–Crippen LogP) is 4.00. The molecule has 1 N–H and O–H groups in total. The summed E-state index contributed by atoms with van der Waals surface area (Å²) < 4.78 is 0. The van der Waals surface area contributed by atoms with Crippen LogP contribution in [0, 0.1) is 11.3 Å². The molecule has 108 valence electrons. The molecule has 0 saturated carbocycles. The van der Waals surface area contributed by atoms with Gasteiger partial charge in [-0.05, 0) is 55.0 Å². The fourth-order valence-electron chi connectivity index (χ4n) is 2.24. The second-order valence-electron chi connectivity index (χ2n) is 4.90. The molecule has 0 unspecified atom stereocenters. The fourth-order valence-corrected chi connectivity index (χ4v) is 2.85. The van der Waals surface area contributed by atoms with E-state index in [1.807, 2.05) is 24.3 Å². The minimum Gasteiger partial charge on any atom is -0.313 e. The Morgan fingerprint density at radius 1 is 1.10 bits per heavy atom. The van der Waals surface area contributed by atoms with Gasteiger partial charge in [-0.25, -0.2) is 0 Å². The highest BCUT2D eigenvalue weighted by atomic mass is 32.2. The lowest BCUT2D eigenvalue weighted by molar-refractivity contribution is 0.644. The van der Waals surface area contributed by atoms with Crippen molar-refractivity contribution in [2.24, 2.45) is 0 Å². The van der Waals surface area contributed by atoms with E-state index in [1.54, 1.807) is 11.8 Å². The Labute approximate surface area is 131 Å². The van der Waals surface area contributed by atoms with E-state index < -0.39 is 0 Å². The van der Waals surface area contributed by atoms with Gasteiger partial charge in [0, 0.05) is 11.4 Å². The SMILES string of the molecule is CSc1ccccc1CNCCCc1ccc(C#N)cc1. The largest absolute Gasteiger partial charge is 0.313 e. The minimum atomic E-state index is 0.727. The Balaban J connectivity index is 1.71. The topological polar surface area (TPSA) is 35.8 Å². The van der Waals surface area contributed by atoms with Gasteiger partial charge in [0.15, 0.2) is 0 Å². The van der Waals surface area contributed by atoms with Crippen molar-refractivity contribution in [2.75, 3.05) is 12.8 Å². The average Bonchev–Trinajstić information content (AvgIpc) is 2.55. The van der Waals surface area contributed by atoms with Crippen LogP contribution in [0.15, 0.2) is 53.4 Å². The Bertz CT molecular complexity index is 599. The smallest absolute Gasteiger partial charge is 0.0991 e. The molecule has 3 heteroatoms. The lowest BCUT2D eigenvalue weighted by atomic mass is 10.1. The summed E-state index contributed by atoms with van der Waals surface area (Å²) in [4.78, 5) is 1.34. The number of nitrogens with one attached hydrogen (secondary N) is 1. The quantitative estimate of drug-likeness (QED) is 0.619. The van der Waals surface area contributed by atoms with E-state index in [9.17, 15) is 0 Å². The first-order valence-corrected chi connectivity index (χ1v) is 8.37. The lowest BCUT2D eigenvalue weighted by Crippen LogP contribution is -2.15. The van der Waals surface area contributed by atoms with Crippen molar-refractivity contribution in [1.29, 1.82) is 5.26 Å². The van der Waals surface area contributed by atoms with Gasteiger partial charge in [0.05, 0.1) is 11.6 Å². The van der Waals surface area contributed by atoms with E-state index in [4.69, 9.17) is 5.26 Å². The molecule has 0 atom stereocenters. The molecule has 21 heavy (non-hydrogen) atoms. The monoisotopic (exact) mass is 296 g/mol. The summed E-state index contributed by atoms with van der Waals surface area (Å²) in [5, 5.41) is 12.3. The van der Waals surface area contributed by atoms with Gasteiger partial charge >= 0.3 is 0 Å². The standard InChI is InChI=1S/C18H20N2S/c1-21-18-7-3-2-6-17(18)14-20-12-4-5-15-8-10-16(13-19)11-9-15/h2-3,6-11,20H,4-5,12,14H2,1H3. The summed E-state index contributed by atoms with van der Waals surface area (Å²) in [6, 6.07) is 18.5. The van der Waals surface area contributed by atoms with Crippen molar-refractivity contribution in [3.63, 3.8) is 0 Å². The van der Waals surface area contributed by atoms with Crippen LogP contribution in [-0.4, -0.2) is 12.8 Å². The third-order valence-electron chi connectivity index (χ3n) is 3.41. The van der Waals surface area contributed by atoms with Crippen molar-refractivity contribution in [2.45, 2.75) is 24.3 Å². The molecule has 0 saturated heterocycles. The van der Waals surface area contributed by atoms with Gasteiger partial charge in [-0.3, -0.25) is 0 Å². The summed E-state index contributed by atoms with van der Waals surface area (Å²) in [5.41, 5.74) is 3.38. The number of hydrogen-bond acceptors (Lipinski definition) is 3. The van der Waals surface area contributed by atoms with Gasteiger partial charge in [0.1, 0.15) is 0 Å². The summed E-state index contributed by atoms with van der Waals surface area (Å²) in [5.74, 6) is 0. The molecule has 0 aliphatic heterocycles. The Hall–Kier alpha value is -1.76. The number of hydrogen-bond donors (Lipinski definition) is 1. The molecule has 2 aromatic carbocycles. The molecular weight excluding hydrogens is 276 g/mol. The van der Waals surface area contributed by atoms with E-state index in [0.717, 1.165) is 31.5 Å². The molecule has 0 heterocycles. The average molecular weight is 296 g/mol. The zero-order valence-corrected chi connectivity index (χ0v) is 13.1. The van der Waals surface area contributed by atoms with E-state index in [0.29, 0.717) is 0 Å². The van der Waals surface area contributed by atoms with Crippen molar-refractivity contribution in [3.05, 3.63) is 65.2 Å². The number of benzene rings is 2. The molecule has 0 aliphatic carbocycles. The molecule has 2 nitrogen and oxygen atoms in total. The number of nitrogens with zero attached hydrogens (tertiary/aromatic N) is 1. The first-order chi connectivity index (χ1) is 10.3. The highest BCUT2D eigenvalue weighted by Crippen LogP contribution is 2.19. The van der Waals surface area contributed by atoms with Crippen LogP contribution in [-0.2, 0) is 13.0 Å². The maximum Gasteiger partial charge on any atom is 0.0991 e. The summed E-state index contributed by atoms with van der Waals surface area (Å²) in [6.45, 7) is 1.92. The molecule has 0 amide bonds. The number of rotatable bonds is 7. The fraction of sp³-hybridized carbons (Fsp3) is 0.278. The number of nitriles is 1. The van der Waals surface area contributed by atoms with Crippen molar-refractivity contribution in [1.82, 2.24) is 5.32 Å². The lowest BCUT2D eigenvalue weighted by Gasteiger charge is -2.08. The van der Waals surface area contributed by atoms with Gasteiger partial charge in [0.2, 0.25) is 0 Å². The summed E-state index contributed by atoms with van der Waals surface area (Å²) in [7, 11) is 0. The van der Waals surface area contributed by atoms with Crippen LogP contribution < -0.4 is 5.32 Å². The molecule has 0 bridgehead atoms. The second kappa shape index (κ2) is 8.51. The molecule has 0 fully saturated rings. The van der Waals surface area contributed by atoms with Gasteiger partial charge in [0.25, 0.3) is 0 Å². The van der Waals surface area contributed by atoms with Crippen molar-refractivity contribution < 1.29 is 0 Å². The Kier molecular flexibility index (Phi) is 6.33. The summed E-state index contributed by atoms with van der Waals surface area (Å²) in [6.07, 6.45) is 4.26. The Morgan fingerprint density at radius 2 is 1.86 bits per heavy atom. The zero-order chi connectivity index (χ0) is 14.9. The molecule has 2 aromatic rings. The molecule has 2 rings (SSSR count). The van der Waals surface area contributed by atoms with Gasteiger partial charge in [-0.2, -0.15) is 5.26 Å². The second-order valence-corrected chi connectivity index (χ2v) is 5.75. The normalized spacial score (nSPS) is 10.3. The minimum absolute atomic E-state index is 0.727. The zero-order valence-electron chi connectivity index (χ0n) is 12.3. The number of thioether (sulfide) groups is 1. The van der Waals surface area contributed by atoms with E-state index in [2.05, 4.69) is 41.9 Å². The van der Waals surface area contributed by atoms with Gasteiger partial charge < -0.3 is 5.32 Å². The van der Waals surface area contributed by atoms with Gasteiger partial charge in [-0.15, -0.1) is 11.8 Å². The predicted molar refractivity (Wildman–Crippen MR) is 89.4 cm³/mol. The molecule has 0 aliphatic rings. The van der Waals surface area contributed by atoms with Crippen LogP contribution in [0.4, 0.5) is 0 Å². The van der Waals surface area contributed by atoms with Crippen LogP contribution in [0.25, 0.3) is 0 Å². The highest BCUT2D eigenvalue weighted by molar-refractivity contribution is 7.98. The maximum absolute atomic E-state index is 8.76. The van der Waals surface area contributed by atoms with Crippen molar-refractivity contribution >= 4 is 11.8 Å². The van der Waals surface area contributed by atoms with Crippen LogP contribution in [0.5, 0.6) is 0 Å². The molecular formula is C18H20N2S. The van der Waals surface area contributed by atoms with Crippen LogP contribution in [0.3, 0.4) is 0 Å². The maximum atomic E-state index is 8.76. The van der Waals surface area contributed by atoms with Gasteiger partial charge in [-0.1, -0.05) is 30.3 Å². The van der Waals surface area contributed by atoms with Crippen LogP contribution >= 0.6 is 11.8 Å². The van der Waals surface area contributed by atoms with Crippen LogP contribution in [0.2, 0.25) is 0 Å². The highest BCUT2D eigenvalue weighted by Gasteiger charge is 1.99. The number of aryl methyl sites for hydroxylation is 1. The third kappa shape index (κ3) is 4.93. The Morgan fingerprint density at radius 3 is 2.57 bits per heavy atom. The molecule has 0 aromatic heterocycles. The molecule has 0 radical (unpaired) electrons. The van der Waals surface area contributed by atoms with Crippen molar-refractivity contribution in [3.8, 4) is 6.07 Å². The molecule has 0 spiro atoms. The van der Waals surface area contributed by atoms with Crippen LogP contribution in [0.1, 0.15) is 23.1 Å². The first kappa shape index (κ1) is 15.6. The third-order valence-corrected chi connectivity index (χ3v) is 4.25. The van der Waals surface area contributed by atoms with E-state index in [1.165, 1.54) is 16.0 Å². The first-order valence-electron chi connectivity index (χ1n) is 7.15. The summed E-state index contributed by atoms with van der Waals surface area (Å²) >= 11 is 1.79. The van der Waals surface area contributed by atoms with E-state index in [-0.39, 0.29) is 0 Å². The van der Waals surface area contributed by atoms with E-state index >= 15 is 0 Å².